The fourth-order valence-corrected chi connectivity index (χ4v) is 3.66. The second kappa shape index (κ2) is 8.14. The number of benzene rings is 1. The highest BCUT2D eigenvalue weighted by Gasteiger charge is 2.30. The fraction of sp³-hybridized carbons (Fsp3) is 0.476. The molecule has 2 saturated heterocycles. The maximum absolute atomic E-state index is 12.6. The van der Waals surface area contributed by atoms with Crippen LogP contribution in [-0.4, -0.2) is 60.2 Å². The van der Waals surface area contributed by atoms with Gasteiger partial charge in [-0.15, -0.1) is 0 Å². The summed E-state index contributed by atoms with van der Waals surface area (Å²) >= 11 is 0. The molecule has 2 aliphatic rings. The lowest BCUT2D eigenvalue weighted by Gasteiger charge is -2.36. The number of hydrogen-bond acceptors (Lipinski definition) is 6. The smallest absolute Gasteiger partial charge is 0.228 e. The first-order valence-corrected chi connectivity index (χ1v) is 9.89. The van der Waals surface area contributed by atoms with Crippen LogP contribution in [0.1, 0.15) is 17.7 Å². The van der Waals surface area contributed by atoms with E-state index in [0.717, 1.165) is 36.7 Å². The summed E-state index contributed by atoms with van der Waals surface area (Å²) in [6.45, 7) is 8.20. The molecule has 1 aromatic heterocycles. The zero-order valence-electron chi connectivity index (χ0n) is 16.5. The van der Waals surface area contributed by atoms with Crippen LogP contribution in [0, 0.1) is 19.8 Å². The van der Waals surface area contributed by atoms with Crippen LogP contribution in [0.4, 0.5) is 17.5 Å². The monoisotopic (exact) mass is 381 g/mol. The van der Waals surface area contributed by atoms with Crippen LogP contribution in [0.2, 0.25) is 0 Å². The standard InChI is InChI=1S/C21H27N5O2/c1-15-3-5-18(6-4-15)23-19-13-16(2)22-21(24-19)26-10-8-25(9-11-26)20(27)17-7-12-28-14-17/h3-6,13,17H,7-12,14H2,1-2H3,(H,22,23,24). The van der Waals surface area contributed by atoms with E-state index in [4.69, 9.17) is 9.72 Å². The number of hydrogen-bond donors (Lipinski definition) is 1. The minimum Gasteiger partial charge on any atom is -0.381 e. The van der Waals surface area contributed by atoms with Crippen molar-refractivity contribution in [3.8, 4) is 0 Å². The molecule has 2 aliphatic heterocycles. The molecule has 2 aromatic rings. The average molecular weight is 381 g/mol. The van der Waals surface area contributed by atoms with E-state index in [1.807, 2.05) is 30.0 Å². The summed E-state index contributed by atoms with van der Waals surface area (Å²) in [5.74, 6) is 1.76. The van der Waals surface area contributed by atoms with Crippen molar-refractivity contribution in [2.45, 2.75) is 20.3 Å². The molecule has 0 aliphatic carbocycles. The lowest BCUT2D eigenvalue weighted by Crippen LogP contribution is -2.51. The van der Waals surface area contributed by atoms with Crippen molar-refractivity contribution in [1.82, 2.24) is 14.9 Å². The van der Waals surface area contributed by atoms with Gasteiger partial charge in [0.15, 0.2) is 0 Å². The first kappa shape index (κ1) is 18.7. The van der Waals surface area contributed by atoms with E-state index in [1.54, 1.807) is 0 Å². The first-order valence-electron chi connectivity index (χ1n) is 9.89. The molecule has 7 heteroatoms. The summed E-state index contributed by atoms with van der Waals surface area (Å²) in [6.07, 6.45) is 0.841. The highest BCUT2D eigenvalue weighted by molar-refractivity contribution is 5.79. The van der Waals surface area contributed by atoms with Crippen molar-refractivity contribution in [2.24, 2.45) is 5.92 Å². The zero-order chi connectivity index (χ0) is 19.5. The van der Waals surface area contributed by atoms with Crippen molar-refractivity contribution < 1.29 is 9.53 Å². The number of ether oxygens (including phenoxy) is 1. The third kappa shape index (κ3) is 4.25. The van der Waals surface area contributed by atoms with E-state index in [-0.39, 0.29) is 11.8 Å². The van der Waals surface area contributed by atoms with Crippen LogP contribution in [0.3, 0.4) is 0 Å². The molecule has 7 nitrogen and oxygen atoms in total. The second-order valence-electron chi connectivity index (χ2n) is 7.56. The van der Waals surface area contributed by atoms with Crippen LogP contribution in [0.15, 0.2) is 30.3 Å². The minimum atomic E-state index is 0.0343. The molecule has 2 fully saturated rings. The largest absolute Gasteiger partial charge is 0.381 e. The van der Waals surface area contributed by atoms with Gasteiger partial charge in [-0.3, -0.25) is 4.79 Å². The topological polar surface area (TPSA) is 70.6 Å². The van der Waals surface area contributed by atoms with Gasteiger partial charge in [0.2, 0.25) is 11.9 Å². The van der Waals surface area contributed by atoms with E-state index in [1.165, 1.54) is 5.56 Å². The third-order valence-corrected chi connectivity index (χ3v) is 5.32. The van der Waals surface area contributed by atoms with E-state index < -0.39 is 0 Å². The molecule has 1 amide bonds. The van der Waals surface area contributed by atoms with E-state index >= 15 is 0 Å². The molecular weight excluding hydrogens is 354 g/mol. The number of anilines is 3. The maximum Gasteiger partial charge on any atom is 0.228 e. The van der Waals surface area contributed by atoms with Crippen molar-refractivity contribution >= 4 is 23.4 Å². The Morgan fingerprint density at radius 2 is 1.86 bits per heavy atom. The van der Waals surface area contributed by atoms with E-state index in [9.17, 15) is 4.79 Å². The van der Waals surface area contributed by atoms with Crippen molar-refractivity contribution in [3.05, 3.63) is 41.6 Å². The molecule has 0 spiro atoms. The van der Waals surface area contributed by atoms with Crippen molar-refractivity contribution in [1.29, 1.82) is 0 Å². The molecule has 4 rings (SSSR count). The van der Waals surface area contributed by atoms with Crippen LogP contribution in [0.5, 0.6) is 0 Å². The molecule has 1 aromatic carbocycles. The Balaban J connectivity index is 1.41. The Kier molecular flexibility index (Phi) is 5.43. The molecule has 148 valence electrons. The predicted molar refractivity (Wildman–Crippen MR) is 109 cm³/mol. The summed E-state index contributed by atoms with van der Waals surface area (Å²) in [7, 11) is 0. The van der Waals surface area contributed by atoms with Crippen LogP contribution >= 0.6 is 0 Å². The minimum absolute atomic E-state index is 0.0343. The van der Waals surface area contributed by atoms with E-state index in [2.05, 4.69) is 34.3 Å². The summed E-state index contributed by atoms with van der Waals surface area (Å²) in [4.78, 5) is 26.0. The van der Waals surface area contributed by atoms with Gasteiger partial charge in [0.05, 0.1) is 12.5 Å². The van der Waals surface area contributed by atoms with E-state index in [0.29, 0.717) is 32.3 Å². The van der Waals surface area contributed by atoms with Gasteiger partial charge in [0.1, 0.15) is 5.82 Å². The molecule has 1 atom stereocenters. The van der Waals surface area contributed by atoms with Gasteiger partial charge in [-0.2, -0.15) is 4.98 Å². The Morgan fingerprint density at radius 1 is 1.11 bits per heavy atom. The Morgan fingerprint density at radius 3 is 2.54 bits per heavy atom. The van der Waals surface area contributed by atoms with Gasteiger partial charge < -0.3 is 19.9 Å². The van der Waals surface area contributed by atoms with Gasteiger partial charge in [-0.1, -0.05) is 17.7 Å². The number of amides is 1. The number of carbonyl (C=O) groups is 1. The molecule has 1 unspecified atom stereocenters. The van der Waals surface area contributed by atoms with Crippen LogP contribution < -0.4 is 10.2 Å². The highest BCUT2D eigenvalue weighted by Crippen LogP contribution is 2.21. The predicted octanol–water partition coefficient (Wildman–Crippen LogP) is 2.52. The van der Waals surface area contributed by atoms with Crippen molar-refractivity contribution in [3.63, 3.8) is 0 Å². The van der Waals surface area contributed by atoms with Gasteiger partial charge in [0.25, 0.3) is 0 Å². The van der Waals surface area contributed by atoms with Gasteiger partial charge in [-0.05, 0) is 32.4 Å². The second-order valence-corrected chi connectivity index (χ2v) is 7.56. The zero-order valence-corrected chi connectivity index (χ0v) is 16.5. The molecule has 0 radical (unpaired) electrons. The van der Waals surface area contributed by atoms with Gasteiger partial charge in [-0.25, -0.2) is 4.98 Å². The summed E-state index contributed by atoms with van der Waals surface area (Å²) in [5.41, 5.74) is 3.15. The summed E-state index contributed by atoms with van der Waals surface area (Å²) in [6, 6.07) is 10.2. The van der Waals surface area contributed by atoms with Crippen molar-refractivity contribution in [2.75, 3.05) is 49.6 Å². The summed E-state index contributed by atoms with van der Waals surface area (Å²) < 4.78 is 5.36. The van der Waals surface area contributed by atoms with Gasteiger partial charge >= 0.3 is 0 Å². The maximum atomic E-state index is 12.6. The molecule has 0 saturated carbocycles. The summed E-state index contributed by atoms with van der Waals surface area (Å²) in [5, 5.41) is 3.36. The number of aromatic nitrogens is 2. The lowest BCUT2D eigenvalue weighted by molar-refractivity contribution is -0.135. The Hall–Kier alpha value is -2.67. The number of piperazine rings is 1. The lowest BCUT2D eigenvalue weighted by atomic mass is 10.1. The number of nitrogens with one attached hydrogen (secondary N) is 1. The molecule has 3 heterocycles. The molecule has 1 N–H and O–H groups in total. The SMILES string of the molecule is Cc1ccc(Nc2cc(C)nc(N3CCN(C(=O)C4CCOC4)CC3)n2)cc1. The fourth-order valence-electron chi connectivity index (χ4n) is 3.66. The van der Waals surface area contributed by atoms with Crippen LogP contribution in [0.25, 0.3) is 0 Å². The highest BCUT2D eigenvalue weighted by atomic mass is 16.5. The Labute approximate surface area is 165 Å². The first-order chi connectivity index (χ1) is 13.6. The molecule has 0 bridgehead atoms. The average Bonchev–Trinajstić information content (AvgIpc) is 3.24. The quantitative estimate of drug-likeness (QED) is 0.878. The molecule has 28 heavy (non-hydrogen) atoms. The number of nitrogens with zero attached hydrogens (tertiary/aromatic N) is 4. The number of rotatable bonds is 4. The normalized spacial score (nSPS) is 19.7. The third-order valence-electron chi connectivity index (χ3n) is 5.32. The number of aryl methyl sites for hydroxylation is 2. The van der Waals surface area contributed by atoms with Crippen LogP contribution in [-0.2, 0) is 9.53 Å². The van der Waals surface area contributed by atoms with Gasteiger partial charge in [0, 0.05) is 50.2 Å². The number of carbonyl (C=O) groups excluding carboxylic acids is 1. The Bertz CT molecular complexity index is 825. The molecular formula is C21H27N5O2.